The van der Waals surface area contributed by atoms with Crippen LogP contribution < -0.4 is 15.8 Å². The van der Waals surface area contributed by atoms with Crippen molar-refractivity contribution in [2.75, 3.05) is 6.54 Å². The Hall–Kier alpha value is -3.25. The minimum Gasteiger partial charge on any atom is -0.457 e. The summed E-state index contributed by atoms with van der Waals surface area (Å²) in [7, 11) is 0. The molecule has 6 nitrogen and oxygen atoms in total. The average Bonchev–Trinajstić information content (AvgIpc) is 2.72. The van der Waals surface area contributed by atoms with Crippen LogP contribution in [0.3, 0.4) is 0 Å². The summed E-state index contributed by atoms with van der Waals surface area (Å²) >= 11 is 0. The zero-order valence-corrected chi connectivity index (χ0v) is 15.3. The molecule has 0 radical (unpaired) electrons. The summed E-state index contributed by atoms with van der Waals surface area (Å²) in [5.41, 5.74) is 8.43. The van der Waals surface area contributed by atoms with Gasteiger partial charge < -0.3 is 15.8 Å². The van der Waals surface area contributed by atoms with Gasteiger partial charge in [-0.05, 0) is 43.2 Å². The summed E-state index contributed by atoms with van der Waals surface area (Å²) in [5.74, 6) is 0.913. The van der Waals surface area contributed by atoms with Crippen molar-refractivity contribution >= 4 is 5.91 Å². The van der Waals surface area contributed by atoms with Gasteiger partial charge in [-0.25, -0.2) is 0 Å². The quantitative estimate of drug-likeness (QED) is 0.752. The molecule has 28 heavy (non-hydrogen) atoms. The fourth-order valence-electron chi connectivity index (χ4n) is 3.58. The van der Waals surface area contributed by atoms with Crippen LogP contribution in [0.2, 0.25) is 0 Å². The van der Waals surface area contributed by atoms with Crippen LogP contribution in [0.4, 0.5) is 0 Å². The second-order valence-electron chi connectivity index (χ2n) is 6.79. The predicted octanol–water partition coefficient (Wildman–Crippen LogP) is 3.51. The standard InChI is InChI=1S/C22H22N2O4/c23-11-9-16(13-15-10-12-26-27-14-15)24-22(25)21-17-5-1-3-7-19(17)28-20-8-4-2-6-18(20)21/h1-8,10,12,14,16,21H,9,11,13,23H2,(H,24,25). The monoisotopic (exact) mass is 378 g/mol. The zero-order valence-electron chi connectivity index (χ0n) is 15.3. The first-order chi connectivity index (χ1) is 13.8. The molecule has 6 heteroatoms. The number of hydrogen-bond acceptors (Lipinski definition) is 5. The second-order valence-corrected chi connectivity index (χ2v) is 6.79. The fourth-order valence-corrected chi connectivity index (χ4v) is 3.58. The normalized spacial score (nSPS) is 15.8. The summed E-state index contributed by atoms with van der Waals surface area (Å²) in [6.07, 6.45) is 6.09. The van der Waals surface area contributed by atoms with Crippen molar-refractivity contribution in [1.29, 1.82) is 0 Å². The summed E-state index contributed by atoms with van der Waals surface area (Å²) in [6.45, 7) is 0.472. The van der Waals surface area contributed by atoms with Crippen molar-refractivity contribution in [2.24, 2.45) is 5.73 Å². The van der Waals surface area contributed by atoms with Crippen molar-refractivity contribution in [2.45, 2.75) is 24.8 Å². The van der Waals surface area contributed by atoms with E-state index in [1.54, 1.807) is 0 Å². The maximum atomic E-state index is 13.3. The van der Waals surface area contributed by atoms with Crippen LogP contribution in [-0.4, -0.2) is 18.5 Å². The minimum absolute atomic E-state index is 0.0702. The molecule has 1 atom stereocenters. The molecule has 0 aliphatic carbocycles. The third kappa shape index (κ3) is 3.73. The Morgan fingerprint density at radius 1 is 1.04 bits per heavy atom. The number of fused-ring (bicyclic) bond motifs is 2. The number of carbonyl (C=O) groups excluding carboxylic acids is 1. The average molecular weight is 378 g/mol. The lowest BCUT2D eigenvalue weighted by molar-refractivity contribution is -0.199. The third-order valence-electron chi connectivity index (χ3n) is 4.88. The molecule has 2 heterocycles. The van der Waals surface area contributed by atoms with Gasteiger partial charge in [0, 0.05) is 17.2 Å². The molecule has 0 saturated heterocycles. The first-order valence-electron chi connectivity index (χ1n) is 9.30. The largest absolute Gasteiger partial charge is 0.457 e. The van der Waals surface area contributed by atoms with Crippen molar-refractivity contribution in [3.63, 3.8) is 0 Å². The van der Waals surface area contributed by atoms with E-state index >= 15 is 0 Å². The van der Waals surface area contributed by atoms with E-state index in [-0.39, 0.29) is 11.9 Å². The molecule has 2 aromatic rings. The Bertz CT molecular complexity index is 877. The fraction of sp³-hybridized carbons (Fsp3) is 0.227. The van der Waals surface area contributed by atoms with Crippen LogP contribution in [0.5, 0.6) is 11.5 Å². The molecule has 0 fully saturated rings. The number of carbonyl (C=O) groups is 1. The Balaban J connectivity index is 1.59. The summed E-state index contributed by atoms with van der Waals surface area (Å²) in [5, 5.41) is 3.17. The number of ether oxygens (including phenoxy) is 1. The van der Waals surface area contributed by atoms with Gasteiger partial charge in [0.05, 0.1) is 5.92 Å². The van der Waals surface area contributed by atoms with Gasteiger partial charge in [-0.1, -0.05) is 36.4 Å². The van der Waals surface area contributed by atoms with E-state index < -0.39 is 5.92 Å². The Labute approximate surface area is 163 Å². The zero-order chi connectivity index (χ0) is 19.3. The molecule has 3 N–H and O–H groups in total. The molecule has 2 aliphatic rings. The lowest BCUT2D eigenvalue weighted by Crippen LogP contribution is -2.40. The summed E-state index contributed by atoms with van der Waals surface area (Å²) < 4.78 is 5.98. The van der Waals surface area contributed by atoms with Gasteiger partial charge in [-0.2, -0.15) is 0 Å². The molecular formula is C22H22N2O4. The molecule has 0 saturated carbocycles. The molecule has 0 aromatic heterocycles. The highest BCUT2D eigenvalue weighted by Gasteiger charge is 2.33. The number of nitrogens with one attached hydrogen (secondary N) is 1. The molecule has 0 spiro atoms. The molecule has 144 valence electrons. The van der Waals surface area contributed by atoms with Gasteiger partial charge in [0.2, 0.25) is 5.91 Å². The van der Waals surface area contributed by atoms with Gasteiger partial charge in [0.1, 0.15) is 24.0 Å². The minimum atomic E-state index is -0.433. The number of nitrogens with two attached hydrogens (primary N) is 1. The van der Waals surface area contributed by atoms with Crippen LogP contribution in [0, 0.1) is 0 Å². The van der Waals surface area contributed by atoms with Crippen molar-refractivity contribution in [3.05, 3.63) is 83.8 Å². The van der Waals surface area contributed by atoms with E-state index in [1.807, 2.05) is 54.6 Å². The van der Waals surface area contributed by atoms with Crippen LogP contribution in [-0.2, 0) is 14.6 Å². The lowest BCUT2D eigenvalue weighted by atomic mass is 9.87. The molecule has 0 bridgehead atoms. The van der Waals surface area contributed by atoms with Crippen molar-refractivity contribution in [1.82, 2.24) is 5.32 Å². The van der Waals surface area contributed by atoms with Crippen LogP contribution in [0.25, 0.3) is 0 Å². The molecule has 4 rings (SSSR count). The van der Waals surface area contributed by atoms with Gasteiger partial charge in [0.25, 0.3) is 0 Å². The van der Waals surface area contributed by atoms with Gasteiger partial charge >= 0.3 is 0 Å². The number of amides is 1. The van der Waals surface area contributed by atoms with E-state index in [9.17, 15) is 4.79 Å². The highest BCUT2D eigenvalue weighted by Crippen LogP contribution is 2.44. The predicted molar refractivity (Wildman–Crippen MR) is 104 cm³/mol. The number of hydrogen-bond donors (Lipinski definition) is 2. The smallest absolute Gasteiger partial charge is 0.232 e. The molecule has 1 amide bonds. The number of allylic oxidation sites excluding steroid dienone is 1. The highest BCUT2D eigenvalue weighted by molar-refractivity contribution is 5.89. The van der Waals surface area contributed by atoms with Crippen LogP contribution >= 0.6 is 0 Å². The van der Waals surface area contributed by atoms with Gasteiger partial charge in [0.15, 0.2) is 0 Å². The second kappa shape index (κ2) is 8.19. The van der Waals surface area contributed by atoms with E-state index in [0.29, 0.717) is 30.9 Å². The summed E-state index contributed by atoms with van der Waals surface area (Å²) in [6, 6.07) is 15.2. The van der Waals surface area contributed by atoms with Crippen LogP contribution in [0.1, 0.15) is 29.9 Å². The first kappa shape index (κ1) is 18.1. The Morgan fingerprint density at radius 2 is 1.71 bits per heavy atom. The van der Waals surface area contributed by atoms with E-state index in [0.717, 1.165) is 16.7 Å². The lowest BCUT2D eigenvalue weighted by Gasteiger charge is -2.29. The third-order valence-corrected chi connectivity index (χ3v) is 4.88. The van der Waals surface area contributed by atoms with Crippen LogP contribution in [0.15, 0.2) is 72.7 Å². The molecule has 2 aromatic carbocycles. The SMILES string of the molecule is NCCC(CC1=COOC=C1)NC(=O)C1c2ccccc2Oc2ccccc21. The molecule has 1 unspecified atom stereocenters. The van der Waals surface area contributed by atoms with E-state index in [2.05, 4.69) is 5.32 Å². The number of para-hydroxylation sites is 2. The number of benzene rings is 2. The topological polar surface area (TPSA) is 82.8 Å². The van der Waals surface area contributed by atoms with E-state index in [1.165, 1.54) is 12.5 Å². The molecular weight excluding hydrogens is 356 g/mol. The molecule has 2 aliphatic heterocycles. The maximum absolute atomic E-state index is 13.3. The van der Waals surface area contributed by atoms with Gasteiger partial charge in [-0.3, -0.25) is 14.6 Å². The van der Waals surface area contributed by atoms with Crippen molar-refractivity contribution < 1.29 is 19.3 Å². The summed E-state index contributed by atoms with van der Waals surface area (Å²) in [4.78, 5) is 22.9. The van der Waals surface area contributed by atoms with E-state index in [4.69, 9.17) is 20.2 Å². The van der Waals surface area contributed by atoms with Crippen molar-refractivity contribution in [3.8, 4) is 11.5 Å². The van der Waals surface area contributed by atoms with Gasteiger partial charge in [-0.15, -0.1) is 0 Å². The maximum Gasteiger partial charge on any atom is 0.232 e. The number of rotatable bonds is 6. The highest BCUT2D eigenvalue weighted by atomic mass is 17.2. The Kier molecular flexibility index (Phi) is 5.30. The first-order valence-corrected chi connectivity index (χ1v) is 9.30. The Morgan fingerprint density at radius 3 is 2.32 bits per heavy atom.